The standard InChI is InChI=1S/C10H23O10P/c1-6(19-5-7(13)3-11)8(14)2-10(9(15)4-12)20-21(16,17)18/h6-15H,2-5H2,1H3,(H2,16,17,18). The molecule has 0 spiro atoms. The lowest BCUT2D eigenvalue weighted by Gasteiger charge is -2.27. The minimum absolute atomic E-state index is 0.249. The molecular weight excluding hydrogens is 311 g/mol. The van der Waals surface area contributed by atoms with Gasteiger partial charge in [-0.15, -0.1) is 0 Å². The fraction of sp³-hybridized carbons (Fsp3) is 1.00. The fourth-order valence-corrected chi connectivity index (χ4v) is 2.00. The molecule has 21 heavy (non-hydrogen) atoms. The van der Waals surface area contributed by atoms with E-state index in [1.54, 1.807) is 0 Å². The van der Waals surface area contributed by atoms with Crippen LogP contribution in [0.5, 0.6) is 0 Å². The average molecular weight is 334 g/mol. The van der Waals surface area contributed by atoms with Gasteiger partial charge >= 0.3 is 7.82 Å². The zero-order valence-electron chi connectivity index (χ0n) is 11.5. The van der Waals surface area contributed by atoms with Crippen LogP contribution in [0.25, 0.3) is 0 Å². The Morgan fingerprint density at radius 2 is 1.62 bits per heavy atom. The molecule has 0 aromatic rings. The molecule has 0 rings (SSSR count). The van der Waals surface area contributed by atoms with Crippen LogP contribution in [0.1, 0.15) is 13.3 Å². The molecule has 0 aliphatic rings. The summed E-state index contributed by atoms with van der Waals surface area (Å²) in [6, 6.07) is 0. The van der Waals surface area contributed by atoms with Crippen molar-refractivity contribution in [3.8, 4) is 0 Å². The minimum atomic E-state index is -4.91. The summed E-state index contributed by atoms with van der Waals surface area (Å²) < 4.78 is 20.1. The van der Waals surface area contributed by atoms with Gasteiger partial charge in [-0.1, -0.05) is 0 Å². The third kappa shape index (κ3) is 9.48. The molecule has 0 radical (unpaired) electrons. The van der Waals surface area contributed by atoms with Gasteiger partial charge < -0.3 is 40.1 Å². The molecule has 5 atom stereocenters. The molecule has 11 heteroatoms. The van der Waals surface area contributed by atoms with Crippen molar-refractivity contribution in [1.82, 2.24) is 0 Å². The van der Waals surface area contributed by atoms with Gasteiger partial charge in [0.1, 0.15) is 18.3 Å². The Morgan fingerprint density at radius 1 is 1.05 bits per heavy atom. The molecule has 128 valence electrons. The maximum atomic E-state index is 10.8. The van der Waals surface area contributed by atoms with Crippen molar-refractivity contribution in [1.29, 1.82) is 0 Å². The van der Waals surface area contributed by atoms with E-state index in [-0.39, 0.29) is 6.61 Å². The molecule has 0 fully saturated rings. The summed E-state index contributed by atoms with van der Waals surface area (Å²) in [7, 11) is -4.91. The SMILES string of the molecule is CC(OCC(O)CO)C(O)CC(OP(=O)(O)O)C(O)CO. The van der Waals surface area contributed by atoms with Crippen molar-refractivity contribution in [2.24, 2.45) is 0 Å². The van der Waals surface area contributed by atoms with Crippen molar-refractivity contribution in [2.45, 2.75) is 43.9 Å². The van der Waals surface area contributed by atoms with Gasteiger partial charge in [-0.2, -0.15) is 0 Å². The summed E-state index contributed by atoms with van der Waals surface area (Å²) >= 11 is 0. The summed E-state index contributed by atoms with van der Waals surface area (Å²) in [6.45, 7) is -0.151. The Kier molecular flexibility index (Phi) is 9.74. The first-order valence-corrected chi connectivity index (χ1v) is 7.75. The predicted molar refractivity (Wildman–Crippen MR) is 69.1 cm³/mol. The highest BCUT2D eigenvalue weighted by Crippen LogP contribution is 2.39. The van der Waals surface area contributed by atoms with Crippen molar-refractivity contribution in [3.63, 3.8) is 0 Å². The van der Waals surface area contributed by atoms with E-state index in [1.165, 1.54) is 6.92 Å². The van der Waals surface area contributed by atoms with E-state index in [4.69, 9.17) is 29.8 Å². The monoisotopic (exact) mass is 334 g/mol. The lowest BCUT2D eigenvalue weighted by Crippen LogP contribution is -2.39. The van der Waals surface area contributed by atoms with Crippen LogP contribution in [0.2, 0.25) is 0 Å². The number of ether oxygens (including phenoxy) is 1. The van der Waals surface area contributed by atoms with Crippen LogP contribution in [-0.4, -0.2) is 85.7 Å². The Labute approximate surface area is 121 Å². The number of hydrogen-bond acceptors (Lipinski definition) is 8. The molecule has 0 amide bonds. The molecule has 0 saturated heterocycles. The number of hydrogen-bond donors (Lipinski definition) is 7. The van der Waals surface area contributed by atoms with Crippen LogP contribution in [-0.2, 0) is 13.8 Å². The molecular formula is C10H23O10P. The van der Waals surface area contributed by atoms with E-state index >= 15 is 0 Å². The first-order chi connectivity index (χ1) is 9.60. The number of phosphoric acid groups is 1. The molecule has 0 aliphatic carbocycles. The smallest absolute Gasteiger partial charge is 0.394 e. The Hall–Kier alpha value is -0.130. The van der Waals surface area contributed by atoms with E-state index in [1.807, 2.05) is 0 Å². The van der Waals surface area contributed by atoms with Crippen molar-refractivity contribution in [3.05, 3.63) is 0 Å². The van der Waals surface area contributed by atoms with Gasteiger partial charge in [0.05, 0.1) is 32.0 Å². The number of aliphatic hydroxyl groups is 5. The number of phosphoric ester groups is 1. The van der Waals surface area contributed by atoms with E-state index in [2.05, 4.69) is 4.52 Å². The third-order valence-electron chi connectivity index (χ3n) is 2.67. The Morgan fingerprint density at radius 3 is 2.05 bits per heavy atom. The number of rotatable bonds is 11. The highest BCUT2D eigenvalue weighted by molar-refractivity contribution is 7.46. The molecule has 7 N–H and O–H groups in total. The first-order valence-electron chi connectivity index (χ1n) is 6.22. The second-order valence-corrected chi connectivity index (χ2v) is 5.75. The third-order valence-corrected chi connectivity index (χ3v) is 3.21. The molecule has 10 nitrogen and oxygen atoms in total. The van der Waals surface area contributed by atoms with Gasteiger partial charge in [0.25, 0.3) is 0 Å². The van der Waals surface area contributed by atoms with Crippen molar-refractivity contribution in [2.75, 3.05) is 19.8 Å². The topological polar surface area (TPSA) is 177 Å². The van der Waals surface area contributed by atoms with Crippen LogP contribution in [0, 0.1) is 0 Å². The molecule has 5 unspecified atom stereocenters. The quantitative estimate of drug-likeness (QED) is 0.197. The van der Waals surface area contributed by atoms with Crippen LogP contribution in [0.15, 0.2) is 0 Å². The second-order valence-electron chi connectivity index (χ2n) is 4.56. The van der Waals surface area contributed by atoms with E-state index in [0.29, 0.717) is 0 Å². The largest absolute Gasteiger partial charge is 0.469 e. The predicted octanol–water partition coefficient (Wildman–Crippen LogP) is -2.67. The van der Waals surface area contributed by atoms with Gasteiger partial charge in [-0.05, 0) is 6.92 Å². The van der Waals surface area contributed by atoms with Crippen LogP contribution in [0.3, 0.4) is 0 Å². The normalized spacial score (nSPS) is 19.8. The maximum absolute atomic E-state index is 10.8. The molecule has 0 saturated carbocycles. The molecule has 0 aromatic carbocycles. The van der Waals surface area contributed by atoms with Crippen LogP contribution < -0.4 is 0 Å². The van der Waals surface area contributed by atoms with Gasteiger partial charge in [0.2, 0.25) is 0 Å². The zero-order valence-corrected chi connectivity index (χ0v) is 12.4. The summed E-state index contributed by atoms with van der Waals surface area (Å²) in [5.41, 5.74) is 0. The average Bonchev–Trinajstić information content (AvgIpc) is 2.40. The fourth-order valence-electron chi connectivity index (χ4n) is 1.42. The summed E-state index contributed by atoms with van der Waals surface area (Å²) in [5.74, 6) is 0. The van der Waals surface area contributed by atoms with E-state index in [0.717, 1.165) is 0 Å². The summed E-state index contributed by atoms with van der Waals surface area (Å²) in [6.07, 6.45) is -6.77. The van der Waals surface area contributed by atoms with E-state index in [9.17, 15) is 14.8 Å². The zero-order chi connectivity index (χ0) is 16.6. The van der Waals surface area contributed by atoms with Crippen LogP contribution in [0.4, 0.5) is 0 Å². The molecule has 0 heterocycles. The highest BCUT2D eigenvalue weighted by atomic mass is 31.2. The lowest BCUT2D eigenvalue weighted by atomic mass is 10.0. The molecule has 0 aliphatic heterocycles. The maximum Gasteiger partial charge on any atom is 0.469 e. The van der Waals surface area contributed by atoms with Crippen molar-refractivity contribution >= 4 is 7.82 Å². The van der Waals surface area contributed by atoms with Crippen molar-refractivity contribution < 1.29 is 49.1 Å². The molecule has 0 aromatic heterocycles. The van der Waals surface area contributed by atoms with Gasteiger partial charge in [-0.3, -0.25) is 4.52 Å². The number of aliphatic hydroxyl groups excluding tert-OH is 5. The first kappa shape index (κ1) is 20.9. The lowest BCUT2D eigenvalue weighted by molar-refractivity contribution is -0.0907. The Balaban J connectivity index is 4.50. The Bertz CT molecular complexity index is 321. The summed E-state index contributed by atoms with van der Waals surface area (Å²) in [5, 5.41) is 45.7. The van der Waals surface area contributed by atoms with Crippen LogP contribution >= 0.6 is 7.82 Å². The van der Waals surface area contributed by atoms with Gasteiger partial charge in [-0.25, -0.2) is 4.57 Å². The summed E-state index contributed by atoms with van der Waals surface area (Å²) in [4.78, 5) is 17.4. The second kappa shape index (κ2) is 9.80. The van der Waals surface area contributed by atoms with Gasteiger partial charge in [0.15, 0.2) is 0 Å². The van der Waals surface area contributed by atoms with E-state index < -0.39 is 58.0 Å². The molecule has 0 bridgehead atoms. The van der Waals surface area contributed by atoms with Gasteiger partial charge in [0, 0.05) is 6.42 Å². The minimum Gasteiger partial charge on any atom is -0.394 e. The highest BCUT2D eigenvalue weighted by Gasteiger charge is 2.31.